The maximum atomic E-state index is 13.2. The van der Waals surface area contributed by atoms with Crippen LogP contribution in [0.25, 0.3) is 0 Å². The third kappa shape index (κ3) is 5.05. The standard InChI is InChI=1S/C19H22F2N2O4S/c1-4-23(5-2)28(25,26)15-7-9-18(13(3)10-15)27-12-19(24)22-14-6-8-16(20)17(21)11-14/h6-11H,4-5,12H2,1-3H3,(H,22,24). The zero-order chi connectivity index (χ0) is 20.9. The number of carbonyl (C=O) groups excluding carboxylic acids is 1. The lowest BCUT2D eigenvalue weighted by molar-refractivity contribution is -0.118. The van der Waals surface area contributed by atoms with E-state index in [0.717, 1.165) is 12.1 Å². The SMILES string of the molecule is CCN(CC)S(=O)(=O)c1ccc(OCC(=O)Nc2ccc(F)c(F)c2)c(C)c1. The van der Waals surface area contributed by atoms with Crippen LogP contribution < -0.4 is 10.1 Å². The molecule has 0 radical (unpaired) electrons. The van der Waals surface area contributed by atoms with Crippen molar-refractivity contribution >= 4 is 21.6 Å². The van der Waals surface area contributed by atoms with Gasteiger partial charge in [-0.3, -0.25) is 4.79 Å². The van der Waals surface area contributed by atoms with E-state index in [9.17, 15) is 22.0 Å². The van der Waals surface area contributed by atoms with E-state index in [0.29, 0.717) is 24.4 Å². The second-order valence-electron chi connectivity index (χ2n) is 5.98. The van der Waals surface area contributed by atoms with Gasteiger partial charge in [0.2, 0.25) is 10.0 Å². The second-order valence-corrected chi connectivity index (χ2v) is 7.92. The zero-order valence-electron chi connectivity index (χ0n) is 15.8. The van der Waals surface area contributed by atoms with Gasteiger partial charge in [-0.25, -0.2) is 17.2 Å². The minimum absolute atomic E-state index is 0.102. The summed E-state index contributed by atoms with van der Waals surface area (Å²) in [6.07, 6.45) is 0. The number of sulfonamides is 1. The lowest BCUT2D eigenvalue weighted by Crippen LogP contribution is -2.30. The first kappa shape index (κ1) is 21.8. The summed E-state index contributed by atoms with van der Waals surface area (Å²) in [5.41, 5.74) is 0.652. The Morgan fingerprint density at radius 2 is 1.75 bits per heavy atom. The first-order valence-corrected chi connectivity index (χ1v) is 10.1. The Balaban J connectivity index is 2.05. The highest BCUT2D eigenvalue weighted by Gasteiger charge is 2.22. The van der Waals surface area contributed by atoms with Crippen molar-refractivity contribution < 1.29 is 26.7 Å². The number of aryl methyl sites for hydroxylation is 1. The Labute approximate surface area is 163 Å². The van der Waals surface area contributed by atoms with E-state index in [1.54, 1.807) is 20.8 Å². The minimum Gasteiger partial charge on any atom is -0.483 e. The fraction of sp³-hybridized carbons (Fsp3) is 0.316. The fourth-order valence-corrected chi connectivity index (χ4v) is 4.11. The second kappa shape index (κ2) is 9.11. The topological polar surface area (TPSA) is 75.7 Å². The number of nitrogens with zero attached hydrogens (tertiary/aromatic N) is 1. The molecule has 0 unspecified atom stereocenters. The number of ether oxygens (including phenoxy) is 1. The number of hydrogen-bond acceptors (Lipinski definition) is 4. The molecule has 0 saturated carbocycles. The van der Waals surface area contributed by atoms with E-state index >= 15 is 0 Å². The molecule has 0 aliphatic heterocycles. The van der Waals surface area contributed by atoms with E-state index in [4.69, 9.17) is 4.74 Å². The number of carbonyl (C=O) groups is 1. The Kier molecular flexibility index (Phi) is 7.09. The number of anilines is 1. The molecule has 0 aliphatic rings. The molecule has 0 aliphatic carbocycles. The quantitative estimate of drug-likeness (QED) is 0.722. The molecule has 0 spiro atoms. The molecule has 9 heteroatoms. The normalized spacial score (nSPS) is 11.5. The van der Waals surface area contributed by atoms with Gasteiger partial charge in [0, 0.05) is 24.8 Å². The highest BCUT2D eigenvalue weighted by molar-refractivity contribution is 7.89. The van der Waals surface area contributed by atoms with Gasteiger partial charge >= 0.3 is 0 Å². The molecular weight excluding hydrogens is 390 g/mol. The summed E-state index contributed by atoms with van der Waals surface area (Å²) in [4.78, 5) is 12.1. The molecule has 28 heavy (non-hydrogen) atoms. The van der Waals surface area contributed by atoms with Crippen LogP contribution in [0.15, 0.2) is 41.3 Å². The van der Waals surface area contributed by atoms with Gasteiger partial charge in [-0.1, -0.05) is 13.8 Å². The Morgan fingerprint density at radius 3 is 2.32 bits per heavy atom. The van der Waals surface area contributed by atoms with Gasteiger partial charge in [-0.2, -0.15) is 4.31 Å². The average molecular weight is 412 g/mol. The molecule has 0 heterocycles. The van der Waals surface area contributed by atoms with Crippen molar-refractivity contribution in [1.82, 2.24) is 4.31 Å². The van der Waals surface area contributed by atoms with Gasteiger partial charge in [0.1, 0.15) is 5.75 Å². The molecule has 0 saturated heterocycles. The molecule has 6 nitrogen and oxygen atoms in total. The molecule has 1 N–H and O–H groups in total. The van der Waals surface area contributed by atoms with Crippen LogP contribution in [-0.4, -0.2) is 38.3 Å². The van der Waals surface area contributed by atoms with Gasteiger partial charge in [0.05, 0.1) is 4.90 Å². The molecule has 2 rings (SSSR count). The highest BCUT2D eigenvalue weighted by atomic mass is 32.2. The molecule has 0 bridgehead atoms. The Bertz CT molecular complexity index is 960. The number of halogens is 2. The maximum absolute atomic E-state index is 13.2. The van der Waals surface area contributed by atoms with Crippen LogP contribution in [0.5, 0.6) is 5.75 Å². The summed E-state index contributed by atoms with van der Waals surface area (Å²) in [7, 11) is -3.59. The molecule has 1 amide bonds. The van der Waals surface area contributed by atoms with Gasteiger partial charge in [0.15, 0.2) is 18.2 Å². The van der Waals surface area contributed by atoms with Crippen LogP contribution in [0.1, 0.15) is 19.4 Å². The summed E-state index contributed by atoms with van der Waals surface area (Å²) in [5.74, 6) is -2.30. The van der Waals surface area contributed by atoms with Gasteiger partial charge < -0.3 is 10.1 Å². The number of nitrogens with one attached hydrogen (secondary N) is 1. The largest absolute Gasteiger partial charge is 0.483 e. The van der Waals surface area contributed by atoms with Gasteiger partial charge in [0.25, 0.3) is 5.91 Å². The van der Waals surface area contributed by atoms with Crippen LogP contribution in [0.3, 0.4) is 0 Å². The smallest absolute Gasteiger partial charge is 0.262 e. The van der Waals surface area contributed by atoms with Crippen molar-refractivity contribution in [2.45, 2.75) is 25.7 Å². The highest BCUT2D eigenvalue weighted by Crippen LogP contribution is 2.24. The lowest BCUT2D eigenvalue weighted by Gasteiger charge is -2.19. The van der Waals surface area contributed by atoms with Gasteiger partial charge in [-0.15, -0.1) is 0 Å². The summed E-state index contributed by atoms with van der Waals surface area (Å²) >= 11 is 0. The van der Waals surface area contributed by atoms with Crippen molar-refractivity contribution in [2.75, 3.05) is 25.0 Å². The van der Waals surface area contributed by atoms with Crippen molar-refractivity contribution in [3.63, 3.8) is 0 Å². The first-order chi connectivity index (χ1) is 13.2. The maximum Gasteiger partial charge on any atom is 0.262 e. The van der Waals surface area contributed by atoms with Crippen molar-refractivity contribution in [3.05, 3.63) is 53.6 Å². The number of benzene rings is 2. The average Bonchev–Trinajstić information content (AvgIpc) is 2.64. The van der Waals surface area contributed by atoms with E-state index in [1.807, 2.05) is 0 Å². The molecule has 2 aromatic rings. The van der Waals surface area contributed by atoms with Crippen molar-refractivity contribution in [3.8, 4) is 5.75 Å². The third-order valence-corrected chi connectivity index (χ3v) is 6.10. The van der Waals surface area contributed by atoms with Crippen molar-refractivity contribution in [1.29, 1.82) is 0 Å². The fourth-order valence-electron chi connectivity index (χ4n) is 2.57. The third-order valence-electron chi connectivity index (χ3n) is 4.05. The van der Waals surface area contributed by atoms with E-state index in [1.165, 1.54) is 28.6 Å². The first-order valence-electron chi connectivity index (χ1n) is 8.67. The summed E-state index contributed by atoms with van der Waals surface area (Å²) in [6, 6.07) is 7.39. The predicted octanol–water partition coefficient (Wildman–Crippen LogP) is 3.32. The van der Waals surface area contributed by atoms with E-state index in [-0.39, 0.29) is 17.2 Å². The number of hydrogen-bond donors (Lipinski definition) is 1. The van der Waals surface area contributed by atoms with E-state index < -0.39 is 27.6 Å². The molecule has 0 atom stereocenters. The number of amides is 1. The van der Waals surface area contributed by atoms with Crippen molar-refractivity contribution in [2.24, 2.45) is 0 Å². The summed E-state index contributed by atoms with van der Waals surface area (Å²) < 4.78 is 57.9. The lowest BCUT2D eigenvalue weighted by atomic mass is 10.2. The van der Waals surface area contributed by atoms with Crippen LogP contribution in [-0.2, 0) is 14.8 Å². The Morgan fingerprint density at radius 1 is 1.07 bits per heavy atom. The predicted molar refractivity (Wildman–Crippen MR) is 102 cm³/mol. The molecule has 0 fully saturated rings. The summed E-state index contributed by atoms with van der Waals surface area (Å²) in [5, 5.41) is 2.39. The molecule has 152 valence electrons. The van der Waals surface area contributed by atoms with Crippen LogP contribution in [0, 0.1) is 18.6 Å². The Hall–Kier alpha value is -2.52. The van der Waals surface area contributed by atoms with E-state index in [2.05, 4.69) is 5.32 Å². The molecular formula is C19H22F2N2O4S. The monoisotopic (exact) mass is 412 g/mol. The van der Waals surface area contributed by atoms with Crippen LogP contribution >= 0.6 is 0 Å². The number of rotatable bonds is 8. The minimum atomic E-state index is -3.59. The van der Waals surface area contributed by atoms with Crippen LogP contribution in [0.2, 0.25) is 0 Å². The summed E-state index contributed by atoms with van der Waals surface area (Å²) in [6.45, 7) is 5.54. The molecule has 2 aromatic carbocycles. The van der Waals surface area contributed by atoms with Crippen LogP contribution in [0.4, 0.5) is 14.5 Å². The van der Waals surface area contributed by atoms with Gasteiger partial charge in [-0.05, 0) is 42.8 Å². The zero-order valence-corrected chi connectivity index (χ0v) is 16.6. The molecule has 0 aromatic heterocycles.